The Hall–Kier alpha value is -3.55. The molecule has 5 nitrogen and oxygen atoms in total. The van der Waals surface area contributed by atoms with Gasteiger partial charge in [-0.15, -0.1) is 0 Å². The summed E-state index contributed by atoms with van der Waals surface area (Å²) in [4.78, 5) is 16.9. The van der Waals surface area contributed by atoms with Crippen LogP contribution in [0.5, 0.6) is 11.5 Å². The van der Waals surface area contributed by atoms with Gasteiger partial charge < -0.3 is 9.47 Å². The van der Waals surface area contributed by atoms with Gasteiger partial charge >= 0.3 is 6.18 Å². The first-order chi connectivity index (χ1) is 13.8. The van der Waals surface area contributed by atoms with Crippen molar-refractivity contribution in [2.24, 2.45) is 0 Å². The Morgan fingerprint density at radius 3 is 2.17 bits per heavy atom. The first-order valence-corrected chi connectivity index (χ1v) is 8.58. The van der Waals surface area contributed by atoms with E-state index in [0.29, 0.717) is 28.5 Å². The lowest BCUT2D eigenvalue weighted by Gasteiger charge is -2.19. The quantitative estimate of drug-likeness (QED) is 0.473. The minimum atomic E-state index is -4.75. The van der Waals surface area contributed by atoms with Crippen LogP contribution >= 0.6 is 0 Å². The Morgan fingerprint density at radius 2 is 1.55 bits per heavy atom. The summed E-state index contributed by atoms with van der Waals surface area (Å²) in [7, 11) is 2.95. The highest BCUT2D eigenvalue weighted by Crippen LogP contribution is 2.33. The number of nitrogens with zero attached hydrogens (tertiary/aromatic N) is 2. The summed E-state index contributed by atoms with van der Waals surface area (Å²) in [5.74, 6) is 1.01. The van der Waals surface area contributed by atoms with Gasteiger partial charge in [-0.25, -0.2) is 4.98 Å². The molecule has 0 bridgehead atoms. The van der Waals surface area contributed by atoms with Gasteiger partial charge in [-0.05, 0) is 42.5 Å². The number of pyridine rings is 2. The van der Waals surface area contributed by atoms with Crippen LogP contribution in [0.1, 0.15) is 5.69 Å². The fourth-order valence-electron chi connectivity index (χ4n) is 3.20. The third kappa shape index (κ3) is 3.26. The Morgan fingerprint density at radius 1 is 0.897 bits per heavy atom. The summed E-state index contributed by atoms with van der Waals surface area (Å²) < 4.78 is 52.6. The fourth-order valence-corrected chi connectivity index (χ4v) is 3.20. The molecule has 0 unspecified atom stereocenters. The van der Waals surface area contributed by atoms with Crippen LogP contribution < -0.4 is 14.9 Å². The lowest BCUT2D eigenvalue weighted by Crippen LogP contribution is -2.21. The molecule has 4 aromatic rings. The van der Waals surface area contributed by atoms with Crippen LogP contribution in [0.15, 0.2) is 59.4 Å². The molecule has 2 heterocycles. The van der Waals surface area contributed by atoms with E-state index in [1.807, 2.05) is 0 Å². The minimum Gasteiger partial charge on any atom is -0.497 e. The van der Waals surface area contributed by atoms with Gasteiger partial charge in [-0.3, -0.25) is 9.36 Å². The van der Waals surface area contributed by atoms with Crippen LogP contribution in [0.2, 0.25) is 0 Å². The number of fused-ring (bicyclic) bond motifs is 2. The highest BCUT2D eigenvalue weighted by atomic mass is 19.4. The number of alkyl halides is 3. The average Bonchev–Trinajstić information content (AvgIpc) is 2.71. The Kier molecular flexibility index (Phi) is 4.41. The van der Waals surface area contributed by atoms with E-state index >= 15 is 0 Å². The molecule has 0 aliphatic rings. The van der Waals surface area contributed by atoms with E-state index in [4.69, 9.17) is 9.47 Å². The average molecular weight is 400 g/mol. The smallest absolute Gasteiger partial charge is 0.431 e. The van der Waals surface area contributed by atoms with Crippen LogP contribution in [0.3, 0.4) is 0 Å². The molecule has 148 valence electrons. The second-order valence-corrected chi connectivity index (χ2v) is 6.34. The lowest BCUT2D eigenvalue weighted by molar-refractivity contribution is -0.142. The lowest BCUT2D eigenvalue weighted by atomic mass is 10.1. The molecular formula is C21H15F3N2O3. The van der Waals surface area contributed by atoms with Gasteiger partial charge in [0.25, 0.3) is 0 Å². The summed E-state index contributed by atoms with van der Waals surface area (Å²) in [5.41, 5.74) is -1.32. The summed E-state index contributed by atoms with van der Waals surface area (Å²) in [6.45, 7) is 0. The number of rotatable bonds is 3. The molecule has 0 amide bonds. The zero-order valence-corrected chi connectivity index (χ0v) is 15.4. The highest BCUT2D eigenvalue weighted by molar-refractivity contribution is 5.92. The molecule has 0 radical (unpaired) electrons. The van der Waals surface area contributed by atoms with Crippen molar-refractivity contribution in [1.29, 1.82) is 0 Å². The van der Waals surface area contributed by atoms with Crippen LogP contribution in [-0.4, -0.2) is 23.8 Å². The zero-order chi connectivity index (χ0) is 20.8. The van der Waals surface area contributed by atoms with Gasteiger partial charge in [-0.1, -0.05) is 0 Å². The second kappa shape index (κ2) is 6.80. The predicted molar refractivity (Wildman–Crippen MR) is 103 cm³/mol. The normalized spacial score (nSPS) is 11.8. The molecule has 0 aliphatic heterocycles. The van der Waals surface area contributed by atoms with Gasteiger partial charge in [0.1, 0.15) is 22.8 Å². The van der Waals surface area contributed by atoms with Crippen LogP contribution in [0, 0.1) is 0 Å². The van der Waals surface area contributed by atoms with E-state index in [2.05, 4.69) is 4.98 Å². The van der Waals surface area contributed by atoms with Crippen molar-refractivity contribution in [3.05, 3.63) is 70.5 Å². The number of aromatic nitrogens is 2. The third-order valence-corrected chi connectivity index (χ3v) is 4.61. The molecule has 0 saturated heterocycles. The Labute approximate surface area is 162 Å². The molecular weight excluding hydrogens is 385 g/mol. The number of hydrogen-bond acceptors (Lipinski definition) is 4. The van der Waals surface area contributed by atoms with Crippen molar-refractivity contribution in [3.8, 4) is 17.2 Å². The standard InChI is InChI=1S/C21H15F3N2O3/c1-28-14-7-4-13(5-8-14)26-19(21(22,23)24)11-18(27)16-9-12-3-6-15(29-2)10-17(12)25-20(16)26/h3-11H,1-2H3. The van der Waals surface area contributed by atoms with Crippen LogP contribution in [0.25, 0.3) is 27.6 Å². The molecule has 4 rings (SSSR count). The molecule has 0 saturated carbocycles. The molecule has 2 aromatic carbocycles. The van der Waals surface area contributed by atoms with E-state index in [9.17, 15) is 18.0 Å². The van der Waals surface area contributed by atoms with Crippen molar-refractivity contribution in [2.75, 3.05) is 14.2 Å². The van der Waals surface area contributed by atoms with Gasteiger partial charge in [0.2, 0.25) is 0 Å². The first-order valence-electron chi connectivity index (χ1n) is 8.58. The first kappa shape index (κ1) is 18.8. The largest absolute Gasteiger partial charge is 0.497 e. The van der Waals surface area contributed by atoms with Crippen molar-refractivity contribution in [3.63, 3.8) is 0 Å². The number of benzene rings is 2. The van der Waals surface area contributed by atoms with E-state index < -0.39 is 17.3 Å². The highest BCUT2D eigenvalue weighted by Gasteiger charge is 2.36. The predicted octanol–water partition coefficient (Wildman–Crippen LogP) is 4.57. The molecule has 0 atom stereocenters. The van der Waals surface area contributed by atoms with E-state index in [1.54, 1.807) is 36.4 Å². The summed E-state index contributed by atoms with van der Waals surface area (Å²) in [6, 6.07) is 13.2. The monoisotopic (exact) mass is 400 g/mol. The van der Waals surface area contributed by atoms with Gasteiger partial charge in [0.15, 0.2) is 5.43 Å². The molecule has 0 fully saturated rings. The maximum atomic E-state index is 13.8. The number of ether oxygens (including phenoxy) is 2. The fraction of sp³-hybridized carbons (Fsp3) is 0.143. The Balaban J connectivity index is 2.14. The number of hydrogen-bond donors (Lipinski definition) is 0. The summed E-state index contributed by atoms with van der Waals surface area (Å²) in [6.07, 6.45) is -4.75. The molecule has 8 heteroatoms. The Bertz CT molecular complexity index is 1280. The zero-order valence-electron chi connectivity index (χ0n) is 15.4. The maximum absolute atomic E-state index is 13.8. The van der Waals surface area contributed by atoms with Crippen molar-refractivity contribution in [2.45, 2.75) is 6.18 Å². The van der Waals surface area contributed by atoms with Crippen LogP contribution in [0.4, 0.5) is 13.2 Å². The molecule has 2 aromatic heterocycles. The van der Waals surface area contributed by atoms with Gasteiger partial charge in [0.05, 0.1) is 25.1 Å². The van der Waals surface area contributed by atoms with E-state index in [1.165, 1.54) is 26.4 Å². The number of halogens is 3. The van der Waals surface area contributed by atoms with Crippen molar-refractivity contribution >= 4 is 21.9 Å². The SMILES string of the molecule is COc1ccc(-n2c(C(F)(F)F)cc(=O)c3cc4ccc(OC)cc4nc32)cc1. The second-order valence-electron chi connectivity index (χ2n) is 6.34. The van der Waals surface area contributed by atoms with Gasteiger partial charge in [0, 0.05) is 23.2 Å². The molecule has 0 aliphatic carbocycles. The van der Waals surface area contributed by atoms with Crippen molar-refractivity contribution in [1.82, 2.24) is 9.55 Å². The summed E-state index contributed by atoms with van der Waals surface area (Å²) >= 11 is 0. The van der Waals surface area contributed by atoms with Crippen molar-refractivity contribution < 1.29 is 22.6 Å². The van der Waals surface area contributed by atoms with E-state index in [-0.39, 0.29) is 16.7 Å². The maximum Gasteiger partial charge on any atom is 0.431 e. The topological polar surface area (TPSA) is 53.4 Å². The molecule has 0 N–H and O–H groups in total. The number of methoxy groups -OCH3 is 2. The third-order valence-electron chi connectivity index (χ3n) is 4.61. The van der Waals surface area contributed by atoms with Gasteiger partial charge in [-0.2, -0.15) is 13.2 Å². The summed E-state index contributed by atoms with van der Waals surface area (Å²) in [5, 5.41) is 0.711. The van der Waals surface area contributed by atoms with E-state index in [0.717, 1.165) is 4.57 Å². The minimum absolute atomic E-state index is 0.0873. The molecule has 29 heavy (non-hydrogen) atoms. The van der Waals surface area contributed by atoms with Crippen LogP contribution in [-0.2, 0) is 6.18 Å². The molecule has 0 spiro atoms.